The molecule has 0 saturated heterocycles. The molecule has 10 rings (SSSR count). The summed E-state index contributed by atoms with van der Waals surface area (Å²) in [5.41, 5.74) is 6.56. The Kier molecular flexibility index (Phi) is 5.33. The molecule has 1 heteroatoms. The minimum absolute atomic E-state index is 0.00782. The quantitative estimate of drug-likeness (QED) is 0.151. The summed E-state index contributed by atoms with van der Waals surface area (Å²) in [6, 6.07) is 38.0. The lowest BCUT2D eigenvalue weighted by Crippen LogP contribution is -2.28. The zero-order valence-corrected chi connectivity index (χ0v) is 29.8. The largest absolute Gasteiger partial charge is 0.310 e. The lowest BCUT2D eigenvalue weighted by molar-refractivity contribution is 0.768. The molecule has 9 aromatic carbocycles. The lowest BCUT2D eigenvalue weighted by Gasteiger charge is -2.35. The van der Waals surface area contributed by atoms with E-state index in [2.05, 4.69) is 42.5 Å². The standard InChI is InChI=1S/C55H39N/c1-6-18-40(19-7-1)43-30-32-48(33-31-43)56(50-37-44(41-20-8-2-9-21-41)36-45(38-50)42-22-10-3-11-23-42)49-34-35-52-51-28-16-17-29-53(51)55(54(52)39-49,46-24-12-4-13-25-46)47-26-14-5-15-27-47/h1-39H/i1D,2D,3D,6D,7D,8D,9D,10D,11D,18D,19D,20D,21D,22D,23D. The molecular weight excluding hydrogens is 675 g/mol. The smallest absolute Gasteiger partial charge is 0.0714 e. The third-order valence-electron chi connectivity index (χ3n) is 10.4. The fourth-order valence-electron chi connectivity index (χ4n) is 8.01. The highest BCUT2D eigenvalue weighted by molar-refractivity contribution is 5.91. The monoisotopic (exact) mass is 728 g/mol. The van der Waals surface area contributed by atoms with E-state index in [9.17, 15) is 0 Å². The summed E-state index contributed by atoms with van der Waals surface area (Å²) in [7, 11) is 0. The number of nitrogens with zero attached hydrogens (tertiary/aromatic N) is 1. The number of anilines is 3. The van der Waals surface area contributed by atoms with E-state index in [1.165, 1.54) is 6.07 Å². The van der Waals surface area contributed by atoms with E-state index in [1.807, 2.05) is 65.6 Å². The number of benzene rings is 9. The van der Waals surface area contributed by atoms with E-state index >= 15 is 0 Å². The Morgan fingerprint density at radius 2 is 0.786 bits per heavy atom. The first-order chi connectivity index (χ1) is 34.0. The van der Waals surface area contributed by atoms with Crippen LogP contribution >= 0.6 is 0 Å². The molecule has 1 nitrogen and oxygen atoms in total. The number of hydrogen-bond acceptors (Lipinski definition) is 1. The molecular formula is C55H39N. The molecule has 0 heterocycles. The Balaban J connectivity index is 1.31. The van der Waals surface area contributed by atoms with Crippen molar-refractivity contribution in [2.75, 3.05) is 4.90 Å². The Morgan fingerprint density at radius 3 is 1.34 bits per heavy atom. The lowest BCUT2D eigenvalue weighted by atomic mass is 9.67. The molecule has 0 amide bonds. The summed E-state index contributed by atoms with van der Waals surface area (Å²) in [6.45, 7) is 0. The van der Waals surface area contributed by atoms with Crippen LogP contribution < -0.4 is 4.90 Å². The molecule has 0 atom stereocenters. The van der Waals surface area contributed by atoms with Gasteiger partial charge in [-0.05, 0) is 109 Å². The van der Waals surface area contributed by atoms with Gasteiger partial charge in [-0.3, -0.25) is 0 Å². The molecule has 0 aliphatic heterocycles. The van der Waals surface area contributed by atoms with Crippen molar-refractivity contribution in [2.45, 2.75) is 5.41 Å². The molecule has 0 saturated carbocycles. The van der Waals surface area contributed by atoms with Crippen LogP contribution in [-0.2, 0) is 5.41 Å². The maximum absolute atomic E-state index is 9.06. The van der Waals surface area contributed by atoms with Gasteiger partial charge in [0.05, 0.1) is 26.0 Å². The molecule has 0 spiro atoms. The van der Waals surface area contributed by atoms with E-state index in [-0.39, 0.29) is 39.9 Å². The summed E-state index contributed by atoms with van der Waals surface area (Å²) >= 11 is 0. The Labute approximate surface area is 350 Å². The van der Waals surface area contributed by atoms with Crippen LogP contribution in [0.1, 0.15) is 42.8 Å². The van der Waals surface area contributed by atoms with E-state index in [0.29, 0.717) is 22.6 Å². The van der Waals surface area contributed by atoms with Crippen LogP contribution in [0.25, 0.3) is 44.5 Å². The van der Waals surface area contributed by atoms with Crippen LogP contribution in [0.2, 0.25) is 0 Å². The van der Waals surface area contributed by atoms with Crippen LogP contribution in [0.5, 0.6) is 0 Å². The summed E-state index contributed by atoms with van der Waals surface area (Å²) in [4.78, 5) is 1.84. The van der Waals surface area contributed by atoms with Gasteiger partial charge in [-0.15, -0.1) is 0 Å². The summed E-state index contributed by atoms with van der Waals surface area (Å²) in [5.74, 6) is 0. The average molecular weight is 729 g/mol. The van der Waals surface area contributed by atoms with Crippen molar-refractivity contribution in [3.05, 3.63) is 258 Å². The molecule has 0 fully saturated rings. The van der Waals surface area contributed by atoms with Crippen molar-refractivity contribution >= 4 is 17.1 Å². The summed E-state index contributed by atoms with van der Waals surface area (Å²) in [6.07, 6.45) is 0. The molecule has 0 bridgehead atoms. The van der Waals surface area contributed by atoms with Gasteiger partial charge in [-0.25, -0.2) is 0 Å². The fourth-order valence-corrected chi connectivity index (χ4v) is 8.01. The van der Waals surface area contributed by atoms with Gasteiger partial charge in [0.25, 0.3) is 0 Å². The van der Waals surface area contributed by atoms with Gasteiger partial charge >= 0.3 is 0 Å². The summed E-state index contributed by atoms with van der Waals surface area (Å²) in [5, 5.41) is 0. The van der Waals surface area contributed by atoms with Crippen LogP contribution in [0.4, 0.5) is 17.1 Å². The number of rotatable bonds is 8. The van der Waals surface area contributed by atoms with Gasteiger partial charge in [0.2, 0.25) is 0 Å². The van der Waals surface area contributed by atoms with Gasteiger partial charge in [0.15, 0.2) is 0 Å². The Bertz CT molecular complexity index is 3440. The predicted octanol–water partition coefficient (Wildman–Crippen LogP) is 14.5. The number of fused-ring (bicyclic) bond motifs is 3. The van der Waals surface area contributed by atoms with Crippen LogP contribution in [-0.4, -0.2) is 0 Å². The normalized spacial score (nSPS) is 16.2. The predicted molar refractivity (Wildman–Crippen MR) is 235 cm³/mol. The zero-order chi connectivity index (χ0) is 50.4. The molecule has 0 aromatic heterocycles. The van der Waals surface area contributed by atoms with Crippen LogP contribution in [0.3, 0.4) is 0 Å². The Morgan fingerprint density at radius 1 is 0.321 bits per heavy atom. The zero-order valence-electron chi connectivity index (χ0n) is 44.8. The van der Waals surface area contributed by atoms with Crippen molar-refractivity contribution in [1.29, 1.82) is 0 Å². The third-order valence-corrected chi connectivity index (χ3v) is 10.4. The van der Waals surface area contributed by atoms with Gasteiger partial charge in [0.1, 0.15) is 0 Å². The van der Waals surface area contributed by atoms with Crippen LogP contribution in [0.15, 0.2) is 236 Å². The highest BCUT2D eigenvalue weighted by Gasteiger charge is 2.46. The van der Waals surface area contributed by atoms with Crippen LogP contribution in [0, 0.1) is 0 Å². The van der Waals surface area contributed by atoms with E-state index in [4.69, 9.17) is 20.6 Å². The first-order valence-electron chi connectivity index (χ1n) is 25.6. The fraction of sp³-hybridized carbons (Fsp3) is 0.0182. The molecule has 0 N–H and O–H groups in total. The van der Waals surface area contributed by atoms with Crippen molar-refractivity contribution in [2.24, 2.45) is 0 Å². The first-order valence-corrected chi connectivity index (χ1v) is 18.1. The molecule has 9 aromatic rings. The van der Waals surface area contributed by atoms with Crippen molar-refractivity contribution < 1.29 is 20.6 Å². The molecule has 1 aliphatic carbocycles. The van der Waals surface area contributed by atoms with Crippen molar-refractivity contribution in [3.63, 3.8) is 0 Å². The molecule has 1 aliphatic rings. The molecule has 0 unspecified atom stereocenters. The van der Waals surface area contributed by atoms with Gasteiger partial charge < -0.3 is 4.90 Å². The first kappa shape index (κ1) is 21.0. The van der Waals surface area contributed by atoms with E-state index < -0.39 is 84.0 Å². The van der Waals surface area contributed by atoms with E-state index in [0.717, 1.165) is 33.4 Å². The van der Waals surface area contributed by atoms with Gasteiger partial charge in [-0.2, -0.15) is 0 Å². The third kappa shape index (κ3) is 5.73. The highest BCUT2D eigenvalue weighted by atomic mass is 15.1. The molecule has 264 valence electrons. The minimum atomic E-state index is -0.853. The maximum Gasteiger partial charge on any atom is 0.0714 e. The topological polar surface area (TPSA) is 3.24 Å². The molecule has 0 radical (unpaired) electrons. The Hall–Kier alpha value is -7.22. The SMILES string of the molecule is [2H]c1c([2H])c([2H])c(-c2ccc(N(c3cc(-c4c([2H])c([2H])c([2H])c([2H])c4[2H])cc(-c4c([2H])c([2H])c([2H])c([2H])c4[2H])c3)c3ccc4c(c3)C(c3ccccc3)(c3ccccc3)c3ccccc3-4)cc2)c([2H])c1[2H]. The van der Waals surface area contributed by atoms with Crippen molar-refractivity contribution in [1.82, 2.24) is 0 Å². The highest BCUT2D eigenvalue weighted by Crippen LogP contribution is 2.57. The second-order valence-electron chi connectivity index (χ2n) is 13.4. The minimum Gasteiger partial charge on any atom is -0.310 e. The summed E-state index contributed by atoms with van der Waals surface area (Å²) < 4.78 is 130. The van der Waals surface area contributed by atoms with Gasteiger partial charge in [-0.1, -0.05) is 194 Å². The average Bonchev–Trinajstić information content (AvgIpc) is 3.69. The van der Waals surface area contributed by atoms with E-state index in [1.54, 1.807) is 36.4 Å². The molecule has 56 heavy (non-hydrogen) atoms. The maximum atomic E-state index is 9.06. The second kappa shape index (κ2) is 14.2. The number of hydrogen-bond donors (Lipinski definition) is 0. The van der Waals surface area contributed by atoms with Crippen molar-refractivity contribution in [3.8, 4) is 44.5 Å². The second-order valence-corrected chi connectivity index (χ2v) is 13.4. The van der Waals surface area contributed by atoms with Gasteiger partial charge in [0, 0.05) is 17.1 Å².